The fourth-order valence-corrected chi connectivity index (χ4v) is 1.24. The molecule has 1 aromatic rings. The van der Waals surface area contributed by atoms with E-state index in [1.807, 2.05) is 6.92 Å². The molecule has 1 rings (SSSR count). The summed E-state index contributed by atoms with van der Waals surface area (Å²) in [5.74, 6) is 0.220. The van der Waals surface area contributed by atoms with E-state index in [1.165, 1.54) is 0 Å². The molecule has 0 aliphatic carbocycles. The predicted molar refractivity (Wildman–Crippen MR) is 55.9 cm³/mol. The molecule has 0 radical (unpaired) electrons. The molecule has 2 N–H and O–H groups in total. The maximum atomic E-state index is 11.8. The minimum Gasteiger partial charge on any atom is -0.383 e. The number of nitrogen functional groups attached to an aromatic ring is 1. The zero-order valence-electron chi connectivity index (χ0n) is 8.53. The highest BCUT2D eigenvalue weighted by Gasteiger charge is 2.13. The van der Waals surface area contributed by atoms with Gasteiger partial charge in [-0.15, -0.1) is 0 Å². The van der Waals surface area contributed by atoms with Crippen molar-refractivity contribution in [2.75, 3.05) is 19.3 Å². The average molecular weight is 193 g/mol. The molecule has 1 aromatic heterocycles. The average Bonchev–Trinajstić information content (AvgIpc) is 2.18. The Morgan fingerprint density at radius 3 is 2.93 bits per heavy atom. The quantitative estimate of drug-likeness (QED) is 0.783. The molecule has 0 atom stereocenters. The first-order valence-electron chi connectivity index (χ1n) is 4.62. The van der Waals surface area contributed by atoms with Gasteiger partial charge in [-0.1, -0.05) is 6.92 Å². The van der Waals surface area contributed by atoms with Gasteiger partial charge >= 0.3 is 0 Å². The van der Waals surface area contributed by atoms with Crippen molar-refractivity contribution in [3.05, 3.63) is 23.9 Å². The van der Waals surface area contributed by atoms with Gasteiger partial charge < -0.3 is 10.6 Å². The minimum absolute atomic E-state index is 0.0718. The van der Waals surface area contributed by atoms with Gasteiger partial charge in [-0.3, -0.25) is 4.79 Å². The lowest BCUT2D eigenvalue weighted by Crippen LogP contribution is -2.28. The monoisotopic (exact) mass is 193 g/mol. The van der Waals surface area contributed by atoms with Gasteiger partial charge in [0.2, 0.25) is 0 Å². The largest absolute Gasteiger partial charge is 0.383 e. The van der Waals surface area contributed by atoms with Gasteiger partial charge in [0.25, 0.3) is 5.91 Å². The van der Waals surface area contributed by atoms with Gasteiger partial charge in [-0.2, -0.15) is 0 Å². The maximum Gasteiger partial charge on any atom is 0.257 e. The summed E-state index contributed by atoms with van der Waals surface area (Å²) in [4.78, 5) is 17.3. The molecule has 4 heteroatoms. The summed E-state index contributed by atoms with van der Waals surface area (Å²) in [6, 6.07) is 3.40. The fourth-order valence-electron chi connectivity index (χ4n) is 1.24. The van der Waals surface area contributed by atoms with Crippen LogP contribution >= 0.6 is 0 Å². The molecule has 76 valence electrons. The van der Waals surface area contributed by atoms with Crippen LogP contribution in [0.25, 0.3) is 0 Å². The van der Waals surface area contributed by atoms with Gasteiger partial charge in [0.15, 0.2) is 0 Å². The standard InChI is InChI=1S/C10H15N3O/c1-3-7-13(2)10(14)8-5-4-6-12-9(8)11/h4-6H,3,7H2,1-2H3,(H2,11,12). The summed E-state index contributed by atoms with van der Waals surface area (Å²) in [5, 5.41) is 0. The fraction of sp³-hybridized carbons (Fsp3) is 0.400. The van der Waals surface area contributed by atoms with Crippen molar-refractivity contribution in [1.29, 1.82) is 0 Å². The lowest BCUT2D eigenvalue weighted by molar-refractivity contribution is 0.0796. The molecule has 0 saturated heterocycles. The molecule has 0 aliphatic heterocycles. The number of rotatable bonds is 3. The summed E-state index contributed by atoms with van der Waals surface area (Å²) >= 11 is 0. The number of hydrogen-bond donors (Lipinski definition) is 1. The minimum atomic E-state index is -0.0718. The molecular weight excluding hydrogens is 178 g/mol. The number of carbonyl (C=O) groups is 1. The van der Waals surface area contributed by atoms with E-state index in [9.17, 15) is 4.79 Å². The predicted octanol–water partition coefficient (Wildman–Crippen LogP) is 1.15. The number of aromatic nitrogens is 1. The van der Waals surface area contributed by atoms with Gasteiger partial charge in [-0.05, 0) is 18.6 Å². The van der Waals surface area contributed by atoms with Gasteiger partial charge in [0.05, 0.1) is 5.56 Å². The normalized spacial score (nSPS) is 9.86. The van der Waals surface area contributed by atoms with Gasteiger partial charge in [0, 0.05) is 19.8 Å². The number of pyridine rings is 1. The van der Waals surface area contributed by atoms with Crippen molar-refractivity contribution in [3.63, 3.8) is 0 Å². The van der Waals surface area contributed by atoms with E-state index in [0.717, 1.165) is 13.0 Å². The zero-order valence-corrected chi connectivity index (χ0v) is 8.53. The summed E-state index contributed by atoms with van der Waals surface area (Å²) in [7, 11) is 1.76. The molecule has 0 bridgehead atoms. The van der Waals surface area contributed by atoms with Crippen LogP contribution in [0.15, 0.2) is 18.3 Å². The third kappa shape index (κ3) is 2.22. The molecule has 0 spiro atoms. The molecule has 0 aromatic carbocycles. The second-order valence-corrected chi connectivity index (χ2v) is 3.16. The van der Waals surface area contributed by atoms with Crippen LogP contribution < -0.4 is 5.73 Å². The van der Waals surface area contributed by atoms with Gasteiger partial charge in [-0.25, -0.2) is 4.98 Å². The summed E-state index contributed by atoms with van der Waals surface area (Å²) in [5.41, 5.74) is 6.07. The number of hydrogen-bond acceptors (Lipinski definition) is 3. The van der Waals surface area contributed by atoms with Crippen LogP contribution in [0.5, 0.6) is 0 Å². The Hall–Kier alpha value is -1.58. The van der Waals surface area contributed by atoms with E-state index in [-0.39, 0.29) is 5.91 Å². The maximum absolute atomic E-state index is 11.8. The third-order valence-corrected chi connectivity index (χ3v) is 1.97. The Bertz CT molecular complexity index is 325. The van der Waals surface area contributed by atoms with E-state index in [0.29, 0.717) is 11.4 Å². The van der Waals surface area contributed by atoms with Crippen molar-refractivity contribution in [1.82, 2.24) is 9.88 Å². The Morgan fingerprint density at radius 1 is 1.64 bits per heavy atom. The number of amides is 1. The lowest BCUT2D eigenvalue weighted by atomic mass is 10.2. The molecule has 4 nitrogen and oxygen atoms in total. The van der Waals surface area contributed by atoms with E-state index < -0.39 is 0 Å². The first kappa shape index (κ1) is 10.5. The molecule has 0 unspecified atom stereocenters. The van der Waals surface area contributed by atoms with E-state index in [2.05, 4.69) is 4.98 Å². The second-order valence-electron chi connectivity index (χ2n) is 3.16. The van der Waals surface area contributed by atoms with E-state index >= 15 is 0 Å². The van der Waals surface area contributed by atoms with Crippen molar-refractivity contribution in [2.45, 2.75) is 13.3 Å². The smallest absolute Gasteiger partial charge is 0.257 e. The van der Waals surface area contributed by atoms with Crippen LogP contribution in [-0.4, -0.2) is 29.4 Å². The molecular formula is C10H15N3O. The summed E-state index contributed by atoms with van der Waals surface area (Å²) < 4.78 is 0. The number of nitrogens with zero attached hydrogens (tertiary/aromatic N) is 2. The van der Waals surface area contributed by atoms with Crippen molar-refractivity contribution in [3.8, 4) is 0 Å². The summed E-state index contributed by atoms with van der Waals surface area (Å²) in [6.07, 6.45) is 2.51. The molecule has 0 aliphatic rings. The Morgan fingerprint density at radius 2 is 2.36 bits per heavy atom. The highest BCUT2D eigenvalue weighted by Crippen LogP contribution is 2.09. The van der Waals surface area contributed by atoms with Gasteiger partial charge in [0.1, 0.15) is 5.82 Å². The highest BCUT2D eigenvalue weighted by atomic mass is 16.2. The topological polar surface area (TPSA) is 59.2 Å². The summed E-state index contributed by atoms with van der Waals surface area (Å²) in [6.45, 7) is 2.75. The van der Waals surface area contributed by atoms with Crippen LogP contribution in [0.2, 0.25) is 0 Å². The number of carbonyl (C=O) groups excluding carboxylic acids is 1. The zero-order chi connectivity index (χ0) is 10.6. The van der Waals surface area contributed by atoms with E-state index in [4.69, 9.17) is 5.73 Å². The van der Waals surface area contributed by atoms with Crippen molar-refractivity contribution >= 4 is 11.7 Å². The molecule has 1 heterocycles. The molecule has 14 heavy (non-hydrogen) atoms. The molecule has 1 amide bonds. The first-order chi connectivity index (χ1) is 6.66. The number of nitrogens with two attached hydrogens (primary N) is 1. The first-order valence-corrected chi connectivity index (χ1v) is 4.62. The van der Waals surface area contributed by atoms with Crippen LogP contribution in [0.1, 0.15) is 23.7 Å². The van der Waals surface area contributed by atoms with E-state index in [1.54, 1.807) is 30.3 Å². The Balaban J connectivity index is 2.84. The van der Waals surface area contributed by atoms with Crippen LogP contribution in [0, 0.1) is 0 Å². The van der Waals surface area contributed by atoms with Crippen molar-refractivity contribution in [2.24, 2.45) is 0 Å². The molecule has 0 fully saturated rings. The third-order valence-electron chi connectivity index (χ3n) is 1.97. The SMILES string of the molecule is CCCN(C)C(=O)c1cccnc1N. The second kappa shape index (κ2) is 4.60. The number of anilines is 1. The molecule has 0 saturated carbocycles. The Kier molecular flexibility index (Phi) is 3.45. The van der Waals surface area contributed by atoms with Crippen molar-refractivity contribution < 1.29 is 4.79 Å². The lowest BCUT2D eigenvalue weighted by Gasteiger charge is -2.16. The van der Waals surface area contributed by atoms with Crippen LogP contribution in [0.3, 0.4) is 0 Å². The highest BCUT2D eigenvalue weighted by molar-refractivity contribution is 5.98. The van der Waals surface area contributed by atoms with Crippen LogP contribution in [-0.2, 0) is 0 Å². The Labute approximate surface area is 83.7 Å². The van der Waals surface area contributed by atoms with Crippen LogP contribution in [0.4, 0.5) is 5.82 Å².